The molecular formula is C23H36O5. The first-order valence-corrected chi connectivity index (χ1v) is 10.1. The van der Waals surface area contributed by atoms with Crippen molar-refractivity contribution >= 4 is 11.9 Å². The van der Waals surface area contributed by atoms with Crippen LogP contribution in [0.5, 0.6) is 0 Å². The summed E-state index contributed by atoms with van der Waals surface area (Å²) in [5.74, 6) is -0.215. The average Bonchev–Trinajstić information content (AvgIpc) is 2.59. The van der Waals surface area contributed by atoms with Crippen molar-refractivity contribution in [3.8, 4) is 0 Å². The van der Waals surface area contributed by atoms with Gasteiger partial charge in [0.05, 0.1) is 12.7 Å². The molecule has 0 radical (unpaired) electrons. The second-order valence-corrected chi connectivity index (χ2v) is 8.28. The number of ether oxygens (including phenoxy) is 2. The van der Waals surface area contributed by atoms with Crippen LogP contribution in [-0.2, 0) is 19.1 Å². The van der Waals surface area contributed by atoms with E-state index in [1.165, 1.54) is 19.6 Å². The van der Waals surface area contributed by atoms with Crippen molar-refractivity contribution < 1.29 is 24.2 Å². The van der Waals surface area contributed by atoms with Crippen molar-refractivity contribution in [2.75, 3.05) is 7.11 Å². The maximum absolute atomic E-state index is 12.2. The van der Waals surface area contributed by atoms with Gasteiger partial charge >= 0.3 is 11.9 Å². The van der Waals surface area contributed by atoms with Crippen LogP contribution in [0.25, 0.3) is 0 Å². The number of rotatable bonds is 9. The molecule has 1 rings (SSSR count). The van der Waals surface area contributed by atoms with E-state index in [-0.39, 0.29) is 17.9 Å². The molecule has 0 bridgehead atoms. The van der Waals surface area contributed by atoms with Crippen LogP contribution in [0.4, 0.5) is 0 Å². The second-order valence-electron chi connectivity index (χ2n) is 8.28. The fraction of sp³-hybridized carbons (Fsp3) is 0.652. The van der Waals surface area contributed by atoms with E-state index in [0.717, 1.165) is 12.8 Å². The Morgan fingerprint density at radius 3 is 2.50 bits per heavy atom. The highest BCUT2D eigenvalue weighted by atomic mass is 16.5. The lowest BCUT2D eigenvalue weighted by molar-refractivity contribution is -0.145. The van der Waals surface area contributed by atoms with Gasteiger partial charge in [0.1, 0.15) is 6.10 Å². The quantitative estimate of drug-likeness (QED) is 0.355. The van der Waals surface area contributed by atoms with Gasteiger partial charge in [0.25, 0.3) is 0 Å². The molecular weight excluding hydrogens is 356 g/mol. The first-order valence-electron chi connectivity index (χ1n) is 10.1. The van der Waals surface area contributed by atoms with Gasteiger partial charge in [0.2, 0.25) is 0 Å². The molecule has 5 nitrogen and oxygen atoms in total. The summed E-state index contributed by atoms with van der Waals surface area (Å²) in [6.45, 7) is 9.33. The number of aliphatic hydroxyl groups is 1. The second kappa shape index (κ2) is 11.2. The van der Waals surface area contributed by atoms with Gasteiger partial charge in [-0.2, -0.15) is 0 Å². The molecule has 5 heteroatoms. The van der Waals surface area contributed by atoms with Crippen molar-refractivity contribution in [1.82, 2.24) is 0 Å². The molecule has 1 aliphatic rings. The van der Waals surface area contributed by atoms with Crippen molar-refractivity contribution in [3.63, 3.8) is 0 Å². The zero-order valence-electron chi connectivity index (χ0n) is 18.2. The fourth-order valence-corrected chi connectivity index (χ4v) is 3.47. The van der Waals surface area contributed by atoms with Gasteiger partial charge in [-0.05, 0) is 70.8 Å². The summed E-state index contributed by atoms with van der Waals surface area (Å²) >= 11 is 0. The zero-order chi connectivity index (χ0) is 21.3. The normalized spacial score (nSPS) is 24.2. The summed E-state index contributed by atoms with van der Waals surface area (Å²) in [5.41, 5.74) is 0.976. The van der Waals surface area contributed by atoms with Gasteiger partial charge in [0, 0.05) is 12.5 Å². The molecule has 0 fully saturated rings. The van der Waals surface area contributed by atoms with E-state index in [0.29, 0.717) is 30.8 Å². The summed E-state index contributed by atoms with van der Waals surface area (Å²) in [7, 11) is 1.36. The van der Waals surface area contributed by atoms with E-state index in [1.807, 2.05) is 26.8 Å². The van der Waals surface area contributed by atoms with Gasteiger partial charge in [-0.1, -0.05) is 30.7 Å². The standard InChI is InChI=1S/C23H36O5/c1-16(2)8-7-9-20(22(25)27-6)15-21(28-18(4)24)14-17(3)19-10-12-23(5,26)13-11-19/h8,10,12,15,17,19,21,26H,7,9,11,13-14H2,1-6H3/b20-15+/t17-,19-,21-,23-/m1/s1. The van der Waals surface area contributed by atoms with Crippen LogP contribution in [0.3, 0.4) is 0 Å². The number of methoxy groups -OCH3 is 1. The molecule has 1 aliphatic carbocycles. The molecule has 0 aliphatic heterocycles. The highest BCUT2D eigenvalue weighted by molar-refractivity contribution is 5.88. The number of esters is 2. The largest absolute Gasteiger partial charge is 0.466 e. The summed E-state index contributed by atoms with van der Waals surface area (Å²) in [6.07, 6.45) is 10.7. The maximum Gasteiger partial charge on any atom is 0.333 e. The Labute approximate surface area is 169 Å². The molecule has 28 heavy (non-hydrogen) atoms. The Morgan fingerprint density at radius 2 is 2.00 bits per heavy atom. The lowest BCUT2D eigenvalue weighted by Gasteiger charge is -2.31. The fourth-order valence-electron chi connectivity index (χ4n) is 3.47. The van der Waals surface area contributed by atoms with Crippen LogP contribution in [0, 0.1) is 11.8 Å². The van der Waals surface area contributed by atoms with Gasteiger partial charge < -0.3 is 14.6 Å². The Bertz CT molecular complexity index is 623. The summed E-state index contributed by atoms with van der Waals surface area (Å²) in [4.78, 5) is 23.8. The monoisotopic (exact) mass is 392 g/mol. The van der Waals surface area contributed by atoms with E-state index < -0.39 is 11.7 Å². The van der Waals surface area contributed by atoms with Crippen LogP contribution in [0.2, 0.25) is 0 Å². The minimum atomic E-state index is -0.742. The number of carbonyl (C=O) groups excluding carboxylic acids is 2. The summed E-state index contributed by atoms with van der Waals surface area (Å²) in [5, 5.41) is 10.1. The molecule has 0 aromatic heterocycles. The highest BCUT2D eigenvalue weighted by Crippen LogP contribution is 2.32. The summed E-state index contributed by atoms with van der Waals surface area (Å²) in [6, 6.07) is 0. The van der Waals surface area contributed by atoms with Gasteiger partial charge in [-0.15, -0.1) is 0 Å². The molecule has 0 saturated carbocycles. The van der Waals surface area contributed by atoms with E-state index in [1.54, 1.807) is 6.08 Å². The Kier molecular flexibility index (Phi) is 9.66. The summed E-state index contributed by atoms with van der Waals surface area (Å²) < 4.78 is 10.4. The van der Waals surface area contributed by atoms with Crippen molar-refractivity contribution in [2.45, 2.75) is 78.4 Å². The number of carbonyl (C=O) groups is 2. The molecule has 0 unspecified atom stereocenters. The number of hydrogen-bond acceptors (Lipinski definition) is 5. The van der Waals surface area contributed by atoms with Crippen LogP contribution in [0.1, 0.15) is 66.7 Å². The first kappa shape index (κ1) is 24.2. The Morgan fingerprint density at radius 1 is 1.32 bits per heavy atom. The molecule has 1 N–H and O–H groups in total. The third-order valence-corrected chi connectivity index (χ3v) is 5.14. The third kappa shape index (κ3) is 8.87. The SMILES string of the molecule is COC(=O)/C(=C/[C@@H](C[C@@H](C)[C@@H]1C=C[C@@](C)(O)CC1)OC(C)=O)CCC=C(C)C. The molecule has 0 saturated heterocycles. The van der Waals surface area contributed by atoms with Gasteiger partial charge in [-0.3, -0.25) is 4.79 Å². The molecule has 158 valence electrons. The molecule has 0 aromatic rings. The average molecular weight is 393 g/mol. The van der Waals surface area contributed by atoms with E-state index in [9.17, 15) is 14.7 Å². The van der Waals surface area contributed by atoms with Crippen LogP contribution in [0.15, 0.2) is 35.5 Å². The van der Waals surface area contributed by atoms with Crippen LogP contribution < -0.4 is 0 Å². The van der Waals surface area contributed by atoms with Gasteiger partial charge in [0.15, 0.2) is 0 Å². The number of allylic oxidation sites excluding steroid dienone is 3. The van der Waals surface area contributed by atoms with Gasteiger partial charge in [-0.25, -0.2) is 4.79 Å². The van der Waals surface area contributed by atoms with E-state index in [4.69, 9.17) is 9.47 Å². The van der Waals surface area contributed by atoms with Crippen molar-refractivity contribution in [3.05, 3.63) is 35.5 Å². The minimum Gasteiger partial charge on any atom is -0.466 e. The predicted octanol–water partition coefficient (Wildman–Crippen LogP) is 4.51. The highest BCUT2D eigenvalue weighted by Gasteiger charge is 2.28. The topological polar surface area (TPSA) is 72.8 Å². The molecule has 0 heterocycles. The lowest BCUT2D eigenvalue weighted by Crippen LogP contribution is -2.29. The van der Waals surface area contributed by atoms with Crippen molar-refractivity contribution in [2.24, 2.45) is 11.8 Å². The molecule has 0 spiro atoms. The van der Waals surface area contributed by atoms with Crippen LogP contribution >= 0.6 is 0 Å². The Hall–Kier alpha value is -1.88. The predicted molar refractivity (Wildman–Crippen MR) is 111 cm³/mol. The zero-order valence-corrected chi connectivity index (χ0v) is 18.2. The van der Waals surface area contributed by atoms with Crippen LogP contribution in [-0.4, -0.2) is 35.9 Å². The maximum atomic E-state index is 12.2. The number of hydrogen-bond donors (Lipinski definition) is 1. The van der Waals surface area contributed by atoms with E-state index >= 15 is 0 Å². The lowest BCUT2D eigenvalue weighted by atomic mass is 9.78. The Balaban J connectivity index is 2.93. The first-order chi connectivity index (χ1) is 13.0. The smallest absolute Gasteiger partial charge is 0.333 e. The van der Waals surface area contributed by atoms with Crippen molar-refractivity contribution in [1.29, 1.82) is 0 Å². The molecule has 4 atom stereocenters. The minimum absolute atomic E-state index is 0.240. The third-order valence-electron chi connectivity index (χ3n) is 5.14. The van der Waals surface area contributed by atoms with E-state index in [2.05, 4.69) is 19.1 Å². The molecule has 0 aromatic carbocycles. The molecule has 0 amide bonds.